The summed E-state index contributed by atoms with van der Waals surface area (Å²) < 4.78 is 0. The van der Waals surface area contributed by atoms with Crippen molar-refractivity contribution in [3.8, 4) is 6.07 Å². The van der Waals surface area contributed by atoms with Gasteiger partial charge in [-0.05, 0) is 18.2 Å². The molecule has 0 fully saturated rings. The van der Waals surface area contributed by atoms with E-state index in [-0.39, 0.29) is 5.57 Å². The molecule has 0 aromatic heterocycles. The molecule has 1 aromatic rings. The van der Waals surface area contributed by atoms with Crippen LogP contribution < -0.4 is 5.73 Å². The summed E-state index contributed by atoms with van der Waals surface area (Å²) in [5.74, 6) is -0.812. The summed E-state index contributed by atoms with van der Waals surface area (Å²) in [6, 6.07) is 6.55. The number of nitrogens with zero attached hydrogens (tertiary/aromatic N) is 1. The van der Waals surface area contributed by atoms with E-state index in [1.165, 1.54) is 6.08 Å². The Kier molecular flexibility index (Phi) is 3.73. The fourth-order valence-corrected chi connectivity index (χ4v) is 1.46. The summed E-state index contributed by atoms with van der Waals surface area (Å²) in [5, 5.41) is 9.35. The number of nitrogens with two attached hydrogens (primary N) is 1. The van der Waals surface area contributed by atoms with Crippen molar-refractivity contribution in [2.75, 3.05) is 0 Å². The van der Waals surface area contributed by atoms with Crippen LogP contribution in [-0.4, -0.2) is 5.91 Å². The molecule has 1 aromatic carbocycles. The van der Waals surface area contributed by atoms with Crippen LogP contribution in [0, 0.1) is 11.3 Å². The molecular weight excluding hydrogens is 235 g/mol. The Hall–Kier alpha value is -1.50. The van der Waals surface area contributed by atoms with Crippen LogP contribution >= 0.6 is 23.2 Å². The van der Waals surface area contributed by atoms with Gasteiger partial charge in [-0.3, -0.25) is 4.79 Å². The molecule has 1 amide bonds. The lowest BCUT2D eigenvalue weighted by Gasteiger charge is -2.01. The Bertz CT molecular complexity index is 455. The summed E-state index contributed by atoms with van der Waals surface area (Å²) >= 11 is 11.7. The number of halogens is 2. The van der Waals surface area contributed by atoms with Crippen LogP contribution in [-0.2, 0) is 4.79 Å². The standard InChI is InChI=1S/C10H6Cl2N2O/c11-8-2-1-3-9(12)7(8)4-6(5-13)10(14)15/h1-4H,(H2,14,15). The molecule has 0 spiro atoms. The topological polar surface area (TPSA) is 66.9 Å². The van der Waals surface area contributed by atoms with Crippen LogP contribution in [0.3, 0.4) is 0 Å². The summed E-state index contributed by atoms with van der Waals surface area (Å²) in [6.45, 7) is 0. The van der Waals surface area contributed by atoms with Crippen molar-refractivity contribution >= 4 is 35.2 Å². The minimum Gasteiger partial charge on any atom is -0.365 e. The van der Waals surface area contributed by atoms with Gasteiger partial charge in [0.05, 0.1) is 0 Å². The maximum Gasteiger partial charge on any atom is 0.259 e. The second-order valence-electron chi connectivity index (χ2n) is 2.67. The van der Waals surface area contributed by atoms with Gasteiger partial charge in [0, 0.05) is 15.6 Å². The zero-order valence-corrected chi connectivity index (χ0v) is 9.01. The van der Waals surface area contributed by atoms with Crippen molar-refractivity contribution in [2.24, 2.45) is 5.73 Å². The number of primary amides is 1. The molecule has 76 valence electrons. The van der Waals surface area contributed by atoms with Crippen molar-refractivity contribution in [1.82, 2.24) is 0 Å². The SMILES string of the molecule is N#CC(=Cc1c(Cl)cccc1Cl)C(N)=O. The number of nitriles is 1. The maximum absolute atomic E-state index is 10.8. The molecule has 0 saturated carbocycles. The molecule has 0 unspecified atom stereocenters. The van der Waals surface area contributed by atoms with E-state index in [9.17, 15) is 4.79 Å². The molecule has 5 heteroatoms. The van der Waals surface area contributed by atoms with E-state index < -0.39 is 5.91 Å². The lowest BCUT2D eigenvalue weighted by molar-refractivity contribution is -0.114. The van der Waals surface area contributed by atoms with Crippen molar-refractivity contribution < 1.29 is 4.79 Å². The molecule has 0 atom stereocenters. The van der Waals surface area contributed by atoms with Crippen molar-refractivity contribution in [3.63, 3.8) is 0 Å². The molecule has 0 aliphatic carbocycles. The fourth-order valence-electron chi connectivity index (χ4n) is 0.951. The lowest BCUT2D eigenvalue weighted by atomic mass is 10.1. The maximum atomic E-state index is 10.8. The van der Waals surface area contributed by atoms with Crippen LogP contribution in [0.5, 0.6) is 0 Å². The highest BCUT2D eigenvalue weighted by Crippen LogP contribution is 2.26. The summed E-state index contributed by atoms with van der Waals surface area (Å²) in [7, 11) is 0. The van der Waals surface area contributed by atoms with E-state index in [1.54, 1.807) is 24.3 Å². The van der Waals surface area contributed by atoms with Crippen molar-refractivity contribution in [2.45, 2.75) is 0 Å². The smallest absolute Gasteiger partial charge is 0.259 e. The molecule has 0 aliphatic rings. The first kappa shape index (κ1) is 11.6. The molecule has 2 N–H and O–H groups in total. The Balaban J connectivity index is 3.30. The fraction of sp³-hybridized carbons (Fsp3) is 0. The zero-order valence-electron chi connectivity index (χ0n) is 7.50. The highest BCUT2D eigenvalue weighted by atomic mass is 35.5. The van der Waals surface area contributed by atoms with Crippen LogP contribution in [0.1, 0.15) is 5.56 Å². The number of carbonyl (C=O) groups is 1. The lowest BCUT2D eigenvalue weighted by Crippen LogP contribution is -2.12. The molecule has 1 rings (SSSR count). The van der Waals surface area contributed by atoms with E-state index in [2.05, 4.69) is 0 Å². The second kappa shape index (κ2) is 4.83. The third-order valence-electron chi connectivity index (χ3n) is 1.67. The largest absolute Gasteiger partial charge is 0.365 e. The van der Waals surface area contributed by atoms with Crippen LogP contribution in [0.15, 0.2) is 23.8 Å². The number of rotatable bonds is 2. The Morgan fingerprint density at radius 3 is 2.33 bits per heavy atom. The van der Waals surface area contributed by atoms with E-state index in [1.807, 2.05) is 0 Å². The highest BCUT2D eigenvalue weighted by Gasteiger charge is 2.07. The van der Waals surface area contributed by atoms with Crippen LogP contribution in [0.4, 0.5) is 0 Å². The first-order chi connectivity index (χ1) is 7.06. The predicted octanol–water partition coefficient (Wildman–Crippen LogP) is 2.39. The summed E-state index contributed by atoms with van der Waals surface area (Å²) in [4.78, 5) is 10.8. The van der Waals surface area contributed by atoms with Gasteiger partial charge < -0.3 is 5.73 Å². The Morgan fingerprint density at radius 1 is 1.40 bits per heavy atom. The molecule has 0 radical (unpaired) electrons. The second-order valence-corrected chi connectivity index (χ2v) is 3.48. The van der Waals surface area contributed by atoms with E-state index in [0.717, 1.165) is 0 Å². The Morgan fingerprint density at radius 2 is 1.93 bits per heavy atom. The van der Waals surface area contributed by atoms with Gasteiger partial charge in [0.25, 0.3) is 5.91 Å². The van der Waals surface area contributed by atoms with E-state index in [0.29, 0.717) is 15.6 Å². The number of hydrogen-bond donors (Lipinski definition) is 1. The number of amides is 1. The molecule has 0 heterocycles. The molecule has 0 bridgehead atoms. The van der Waals surface area contributed by atoms with Gasteiger partial charge in [0.2, 0.25) is 0 Å². The average molecular weight is 241 g/mol. The van der Waals surface area contributed by atoms with E-state index >= 15 is 0 Å². The number of benzene rings is 1. The quantitative estimate of drug-likeness (QED) is 0.638. The third kappa shape index (κ3) is 2.72. The summed E-state index contributed by atoms with van der Waals surface area (Å²) in [5.41, 5.74) is 5.20. The monoisotopic (exact) mass is 240 g/mol. The number of hydrogen-bond acceptors (Lipinski definition) is 2. The van der Waals surface area contributed by atoms with Gasteiger partial charge >= 0.3 is 0 Å². The van der Waals surface area contributed by atoms with Crippen molar-refractivity contribution in [1.29, 1.82) is 5.26 Å². The molecule has 15 heavy (non-hydrogen) atoms. The van der Waals surface area contributed by atoms with Gasteiger partial charge in [-0.25, -0.2) is 0 Å². The minimum atomic E-state index is -0.812. The molecular formula is C10H6Cl2N2O. The highest BCUT2D eigenvalue weighted by molar-refractivity contribution is 6.37. The predicted molar refractivity (Wildman–Crippen MR) is 59.2 cm³/mol. The van der Waals surface area contributed by atoms with Gasteiger partial charge in [0.1, 0.15) is 11.6 Å². The average Bonchev–Trinajstić information content (AvgIpc) is 2.17. The first-order valence-electron chi connectivity index (χ1n) is 3.92. The van der Waals surface area contributed by atoms with Gasteiger partial charge in [-0.2, -0.15) is 5.26 Å². The van der Waals surface area contributed by atoms with Crippen LogP contribution in [0.25, 0.3) is 6.08 Å². The normalized spacial score (nSPS) is 10.9. The van der Waals surface area contributed by atoms with Crippen molar-refractivity contribution in [3.05, 3.63) is 39.4 Å². The number of carbonyl (C=O) groups excluding carboxylic acids is 1. The molecule has 3 nitrogen and oxygen atoms in total. The third-order valence-corrected chi connectivity index (χ3v) is 2.33. The van der Waals surface area contributed by atoms with Crippen LogP contribution in [0.2, 0.25) is 10.0 Å². The van der Waals surface area contributed by atoms with Gasteiger partial charge in [0.15, 0.2) is 0 Å². The van der Waals surface area contributed by atoms with Gasteiger partial charge in [-0.1, -0.05) is 29.3 Å². The zero-order chi connectivity index (χ0) is 11.4. The molecule has 0 saturated heterocycles. The molecule has 0 aliphatic heterocycles. The summed E-state index contributed by atoms with van der Waals surface area (Å²) in [6.07, 6.45) is 1.27. The van der Waals surface area contributed by atoms with Gasteiger partial charge in [-0.15, -0.1) is 0 Å². The Labute approximate surface area is 96.7 Å². The van der Waals surface area contributed by atoms with E-state index in [4.69, 9.17) is 34.2 Å². The minimum absolute atomic E-state index is 0.190. The first-order valence-corrected chi connectivity index (χ1v) is 4.67.